The molecule has 2 heterocycles. The lowest BCUT2D eigenvalue weighted by Crippen LogP contribution is -2.47. The van der Waals surface area contributed by atoms with Crippen LogP contribution in [0.15, 0.2) is 46.0 Å². The number of benzene rings is 1. The highest BCUT2D eigenvalue weighted by Gasteiger charge is 2.34. The second kappa shape index (κ2) is 11.3. The average Bonchev–Trinajstić information content (AvgIpc) is 3.38. The van der Waals surface area contributed by atoms with Gasteiger partial charge in [-0.05, 0) is 55.1 Å². The molecule has 1 aromatic heterocycles. The molecule has 1 amide bonds. The van der Waals surface area contributed by atoms with E-state index in [0.717, 1.165) is 24.4 Å². The number of nitrogens with one attached hydrogen (secondary N) is 1. The zero-order valence-corrected chi connectivity index (χ0v) is 20.6. The predicted octanol–water partition coefficient (Wildman–Crippen LogP) is 3.36. The van der Waals surface area contributed by atoms with Crippen molar-refractivity contribution in [1.82, 2.24) is 14.5 Å². The van der Waals surface area contributed by atoms with Crippen LogP contribution in [0.5, 0.6) is 5.75 Å². The number of piperidine rings is 1. The molecule has 1 aromatic carbocycles. The van der Waals surface area contributed by atoms with Gasteiger partial charge in [0.15, 0.2) is 0 Å². The Balaban J connectivity index is 1.69. The number of carbonyl (C=O) groups excluding carboxylic acids is 1. The Labute approximate surface area is 195 Å². The SMILES string of the molecule is CCN(CC)[C@@H](CNC(=O)[C@H]1CCCN(S(=O)(=O)c2cccs2)C1)c1cccc(OC)c1. The van der Waals surface area contributed by atoms with Crippen LogP contribution in [0.4, 0.5) is 0 Å². The number of hydrogen-bond acceptors (Lipinski definition) is 6. The molecule has 0 radical (unpaired) electrons. The van der Waals surface area contributed by atoms with Crippen molar-refractivity contribution in [2.45, 2.75) is 36.9 Å². The van der Waals surface area contributed by atoms with Crippen molar-refractivity contribution in [3.8, 4) is 5.75 Å². The van der Waals surface area contributed by atoms with Crippen LogP contribution in [0.3, 0.4) is 0 Å². The second-order valence-corrected chi connectivity index (χ2v) is 11.0. The Morgan fingerprint density at radius 1 is 1.28 bits per heavy atom. The number of carbonyl (C=O) groups is 1. The van der Waals surface area contributed by atoms with Gasteiger partial charge in [0.25, 0.3) is 10.0 Å². The molecule has 1 aliphatic heterocycles. The van der Waals surface area contributed by atoms with Gasteiger partial charge in [0.05, 0.1) is 19.1 Å². The molecule has 2 aromatic rings. The Morgan fingerprint density at radius 2 is 2.06 bits per heavy atom. The van der Waals surface area contributed by atoms with Gasteiger partial charge >= 0.3 is 0 Å². The van der Waals surface area contributed by atoms with Crippen molar-refractivity contribution in [2.75, 3.05) is 39.8 Å². The monoisotopic (exact) mass is 479 g/mol. The summed E-state index contributed by atoms with van der Waals surface area (Å²) in [4.78, 5) is 15.3. The Kier molecular flexibility index (Phi) is 8.70. The van der Waals surface area contributed by atoms with E-state index in [-0.39, 0.29) is 24.4 Å². The molecule has 1 N–H and O–H groups in total. The van der Waals surface area contributed by atoms with Gasteiger partial charge in [0.1, 0.15) is 9.96 Å². The summed E-state index contributed by atoms with van der Waals surface area (Å²) in [6.45, 7) is 7.05. The average molecular weight is 480 g/mol. The summed E-state index contributed by atoms with van der Waals surface area (Å²) in [6, 6.07) is 11.3. The fraction of sp³-hybridized carbons (Fsp3) is 0.522. The van der Waals surface area contributed by atoms with Crippen LogP contribution in [0.25, 0.3) is 0 Å². The quantitative estimate of drug-likeness (QED) is 0.565. The third-order valence-electron chi connectivity index (χ3n) is 6.05. The predicted molar refractivity (Wildman–Crippen MR) is 127 cm³/mol. The third kappa shape index (κ3) is 5.70. The number of rotatable bonds is 10. The van der Waals surface area contributed by atoms with E-state index in [1.54, 1.807) is 24.6 Å². The van der Waals surface area contributed by atoms with Crippen molar-refractivity contribution in [3.05, 3.63) is 47.3 Å². The standard InChI is InChI=1S/C23H33N3O4S2/c1-4-25(5-2)21(18-9-6-11-20(15-18)30-3)16-24-23(27)19-10-7-13-26(17-19)32(28,29)22-12-8-14-31-22/h6,8-9,11-12,14-15,19,21H,4-5,7,10,13,16-17H2,1-3H3,(H,24,27)/t19-,21-/m0/s1. The van der Waals surface area contributed by atoms with Crippen LogP contribution in [0.2, 0.25) is 0 Å². The summed E-state index contributed by atoms with van der Waals surface area (Å²) < 4.78 is 32.9. The number of thiophene rings is 1. The molecule has 0 aliphatic carbocycles. The number of methoxy groups -OCH3 is 1. The van der Waals surface area contributed by atoms with E-state index in [0.29, 0.717) is 30.1 Å². The van der Waals surface area contributed by atoms with E-state index in [2.05, 4.69) is 24.1 Å². The number of sulfonamides is 1. The number of ether oxygens (including phenoxy) is 1. The molecule has 7 nitrogen and oxygen atoms in total. The van der Waals surface area contributed by atoms with Gasteiger partial charge in [-0.2, -0.15) is 4.31 Å². The van der Waals surface area contributed by atoms with Crippen LogP contribution in [-0.2, 0) is 14.8 Å². The normalized spacial score (nSPS) is 18.4. The lowest BCUT2D eigenvalue weighted by Gasteiger charge is -2.33. The molecule has 2 atom stereocenters. The van der Waals surface area contributed by atoms with Crippen molar-refractivity contribution >= 4 is 27.3 Å². The van der Waals surface area contributed by atoms with E-state index >= 15 is 0 Å². The van der Waals surface area contributed by atoms with Crippen LogP contribution in [0, 0.1) is 5.92 Å². The van der Waals surface area contributed by atoms with Crippen molar-refractivity contribution in [3.63, 3.8) is 0 Å². The molecule has 0 spiro atoms. The molecule has 0 unspecified atom stereocenters. The van der Waals surface area contributed by atoms with Crippen molar-refractivity contribution in [1.29, 1.82) is 0 Å². The fourth-order valence-corrected chi connectivity index (χ4v) is 6.89. The molecular formula is C23H33N3O4S2. The van der Waals surface area contributed by atoms with Gasteiger partial charge in [0.2, 0.25) is 5.91 Å². The van der Waals surface area contributed by atoms with Crippen LogP contribution < -0.4 is 10.1 Å². The summed E-state index contributed by atoms with van der Waals surface area (Å²) in [5.41, 5.74) is 1.08. The first-order chi connectivity index (χ1) is 15.4. The highest BCUT2D eigenvalue weighted by Crippen LogP contribution is 2.27. The van der Waals surface area contributed by atoms with Gasteiger partial charge in [0, 0.05) is 19.6 Å². The summed E-state index contributed by atoms with van der Waals surface area (Å²) >= 11 is 1.21. The minimum atomic E-state index is -3.54. The Morgan fingerprint density at radius 3 is 2.72 bits per heavy atom. The van der Waals surface area contributed by atoms with Gasteiger partial charge in [-0.25, -0.2) is 8.42 Å². The smallest absolute Gasteiger partial charge is 0.252 e. The van der Waals surface area contributed by atoms with Crippen LogP contribution >= 0.6 is 11.3 Å². The minimum absolute atomic E-state index is 0.0126. The maximum Gasteiger partial charge on any atom is 0.252 e. The fourth-order valence-electron chi connectivity index (χ4n) is 4.22. The lowest BCUT2D eigenvalue weighted by molar-refractivity contribution is -0.126. The summed E-state index contributed by atoms with van der Waals surface area (Å²) in [5, 5.41) is 4.86. The molecule has 1 saturated heterocycles. The topological polar surface area (TPSA) is 79.0 Å². The molecule has 176 valence electrons. The maximum atomic E-state index is 13.0. The minimum Gasteiger partial charge on any atom is -0.497 e. The zero-order valence-electron chi connectivity index (χ0n) is 19.0. The number of hydrogen-bond donors (Lipinski definition) is 1. The largest absolute Gasteiger partial charge is 0.497 e. The summed E-state index contributed by atoms with van der Waals surface area (Å²) in [7, 11) is -1.89. The zero-order chi connectivity index (χ0) is 23.1. The van der Waals surface area contributed by atoms with Crippen LogP contribution in [0.1, 0.15) is 38.3 Å². The van der Waals surface area contributed by atoms with E-state index in [9.17, 15) is 13.2 Å². The van der Waals surface area contributed by atoms with E-state index in [1.807, 2.05) is 24.3 Å². The first-order valence-corrected chi connectivity index (χ1v) is 13.4. The first-order valence-electron chi connectivity index (χ1n) is 11.1. The second-order valence-electron chi connectivity index (χ2n) is 7.89. The third-order valence-corrected chi connectivity index (χ3v) is 9.28. The molecule has 1 aliphatic rings. The molecule has 9 heteroatoms. The molecule has 0 saturated carbocycles. The van der Waals surface area contributed by atoms with Gasteiger partial charge in [-0.3, -0.25) is 9.69 Å². The number of nitrogens with zero attached hydrogens (tertiary/aromatic N) is 2. The highest BCUT2D eigenvalue weighted by molar-refractivity contribution is 7.91. The number of amides is 1. The van der Waals surface area contributed by atoms with E-state index < -0.39 is 10.0 Å². The molecular weight excluding hydrogens is 446 g/mol. The highest BCUT2D eigenvalue weighted by atomic mass is 32.2. The Hall–Kier alpha value is -1.94. The van der Waals surface area contributed by atoms with Gasteiger partial charge in [-0.15, -0.1) is 11.3 Å². The molecule has 1 fully saturated rings. The Bertz CT molecular complexity index is 975. The molecule has 32 heavy (non-hydrogen) atoms. The van der Waals surface area contributed by atoms with E-state index in [1.165, 1.54) is 15.6 Å². The lowest BCUT2D eigenvalue weighted by atomic mass is 9.98. The summed E-state index contributed by atoms with van der Waals surface area (Å²) in [6.07, 6.45) is 1.37. The van der Waals surface area contributed by atoms with Crippen LogP contribution in [-0.4, -0.2) is 63.4 Å². The van der Waals surface area contributed by atoms with Crippen molar-refractivity contribution in [2.24, 2.45) is 5.92 Å². The molecule has 3 rings (SSSR count). The first kappa shape index (κ1) is 24.7. The van der Waals surface area contributed by atoms with E-state index in [4.69, 9.17) is 4.74 Å². The van der Waals surface area contributed by atoms with Crippen molar-refractivity contribution < 1.29 is 17.9 Å². The maximum absolute atomic E-state index is 13.0. The molecule has 0 bridgehead atoms. The van der Waals surface area contributed by atoms with Gasteiger partial charge < -0.3 is 10.1 Å². The van der Waals surface area contributed by atoms with Gasteiger partial charge in [-0.1, -0.05) is 32.0 Å². The summed E-state index contributed by atoms with van der Waals surface area (Å²) in [5.74, 6) is 0.352. The number of likely N-dealkylation sites (N-methyl/N-ethyl adjacent to an activating group) is 1.